The van der Waals surface area contributed by atoms with Gasteiger partial charge in [0.1, 0.15) is 17.9 Å². The third kappa shape index (κ3) is 4.69. The fourth-order valence-electron chi connectivity index (χ4n) is 3.54. The van der Waals surface area contributed by atoms with Crippen molar-refractivity contribution in [2.24, 2.45) is 0 Å². The number of ether oxygens (including phenoxy) is 2. The van der Waals surface area contributed by atoms with E-state index in [1.165, 1.54) is 0 Å². The van der Waals surface area contributed by atoms with Gasteiger partial charge < -0.3 is 24.7 Å². The quantitative estimate of drug-likeness (QED) is 0.395. The highest BCUT2D eigenvalue weighted by molar-refractivity contribution is 6.32. The summed E-state index contributed by atoms with van der Waals surface area (Å²) in [5.41, 5.74) is 3.18. The average Bonchev–Trinajstić information content (AvgIpc) is 3.48. The van der Waals surface area contributed by atoms with Crippen LogP contribution in [0.3, 0.4) is 0 Å². The van der Waals surface area contributed by atoms with Crippen molar-refractivity contribution in [2.75, 3.05) is 13.2 Å². The van der Waals surface area contributed by atoms with Gasteiger partial charge in [0.05, 0.1) is 35.5 Å². The zero-order chi connectivity index (χ0) is 22.8. The minimum atomic E-state index is -0.804. The number of aromatic nitrogens is 5. The molecule has 33 heavy (non-hydrogen) atoms. The van der Waals surface area contributed by atoms with E-state index in [0.717, 1.165) is 11.3 Å². The molecule has 3 N–H and O–H groups in total. The number of benzene rings is 1. The van der Waals surface area contributed by atoms with Crippen LogP contribution in [0.5, 0.6) is 6.01 Å². The van der Waals surface area contributed by atoms with Crippen molar-refractivity contribution in [1.82, 2.24) is 24.7 Å². The molecule has 3 aromatic heterocycles. The van der Waals surface area contributed by atoms with Gasteiger partial charge in [-0.3, -0.25) is 0 Å². The highest BCUT2D eigenvalue weighted by Crippen LogP contribution is 2.24. The number of fused-ring (bicyclic) bond motifs is 1. The lowest BCUT2D eigenvalue weighted by Crippen LogP contribution is -2.45. The number of nitrogens with zero attached hydrogens (tertiary/aromatic N) is 4. The second-order valence-electron chi connectivity index (χ2n) is 7.58. The predicted molar refractivity (Wildman–Crippen MR) is 120 cm³/mol. The van der Waals surface area contributed by atoms with E-state index in [0.29, 0.717) is 28.3 Å². The normalized spacial score (nSPS) is 20.4. The Labute approximate surface area is 194 Å². The number of hydrogen-bond donors (Lipinski definition) is 3. The van der Waals surface area contributed by atoms with Gasteiger partial charge in [-0.05, 0) is 42.3 Å². The van der Waals surface area contributed by atoms with Crippen molar-refractivity contribution in [1.29, 1.82) is 0 Å². The Kier molecular flexibility index (Phi) is 5.98. The van der Waals surface area contributed by atoms with Crippen LogP contribution >= 0.6 is 11.6 Å². The van der Waals surface area contributed by atoms with Crippen LogP contribution < -0.4 is 4.74 Å². The number of pyridine rings is 1. The van der Waals surface area contributed by atoms with Gasteiger partial charge in [0.2, 0.25) is 0 Å². The van der Waals surface area contributed by atoms with Gasteiger partial charge >= 0.3 is 0 Å². The minimum absolute atomic E-state index is 0.237. The Bertz CT molecular complexity index is 1310. The first-order valence-electron chi connectivity index (χ1n) is 10.3. The van der Waals surface area contributed by atoms with E-state index < -0.39 is 18.3 Å². The van der Waals surface area contributed by atoms with E-state index in [2.05, 4.69) is 31.9 Å². The van der Waals surface area contributed by atoms with Crippen LogP contribution in [0.4, 0.5) is 0 Å². The van der Waals surface area contributed by atoms with Gasteiger partial charge in [-0.1, -0.05) is 17.5 Å². The molecule has 1 aliphatic rings. The lowest BCUT2D eigenvalue weighted by molar-refractivity contribution is -0.131. The second kappa shape index (κ2) is 9.21. The molecular formula is C23H20ClN5O4. The smallest absolute Gasteiger partial charge is 0.296 e. The van der Waals surface area contributed by atoms with Crippen LogP contribution in [0.25, 0.3) is 16.9 Å². The van der Waals surface area contributed by atoms with E-state index in [1.54, 1.807) is 16.9 Å². The van der Waals surface area contributed by atoms with Gasteiger partial charge in [0.15, 0.2) is 5.65 Å². The maximum Gasteiger partial charge on any atom is 0.296 e. The fraction of sp³-hybridized carbons (Fsp3) is 0.261. The zero-order valence-electron chi connectivity index (χ0n) is 17.3. The van der Waals surface area contributed by atoms with Crippen LogP contribution in [0.2, 0.25) is 5.02 Å². The molecule has 0 radical (unpaired) electrons. The SMILES string of the molecule is OCC1OCC(Oc2nc3nc(C#Cc4ccc(-n5cccn5)cc4)c(Cl)cc3[nH]2)CC1O. The molecule has 1 saturated heterocycles. The Morgan fingerprint density at radius 2 is 2.09 bits per heavy atom. The molecule has 4 heterocycles. The van der Waals surface area contributed by atoms with Crippen molar-refractivity contribution < 1.29 is 19.7 Å². The van der Waals surface area contributed by atoms with Crippen LogP contribution in [-0.4, -0.2) is 66.5 Å². The number of rotatable bonds is 4. The maximum atomic E-state index is 10.0. The molecule has 168 valence electrons. The molecule has 0 amide bonds. The molecule has 5 rings (SSSR count). The summed E-state index contributed by atoms with van der Waals surface area (Å²) in [5.74, 6) is 6.06. The van der Waals surface area contributed by atoms with E-state index in [4.69, 9.17) is 21.1 Å². The summed E-state index contributed by atoms with van der Waals surface area (Å²) in [6, 6.07) is 11.5. The van der Waals surface area contributed by atoms with Gasteiger partial charge in [-0.15, -0.1) is 0 Å². The number of halogens is 1. The molecule has 0 saturated carbocycles. The van der Waals surface area contributed by atoms with Gasteiger partial charge in [-0.2, -0.15) is 10.1 Å². The van der Waals surface area contributed by atoms with Crippen molar-refractivity contribution in [2.45, 2.75) is 24.7 Å². The molecule has 3 atom stereocenters. The first kappa shape index (κ1) is 21.4. The zero-order valence-corrected chi connectivity index (χ0v) is 18.1. The monoisotopic (exact) mass is 465 g/mol. The Morgan fingerprint density at radius 3 is 2.82 bits per heavy atom. The highest BCUT2D eigenvalue weighted by Gasteiger charge is 2.31. The van der Waals surface area contributed by atoms with Gasteiger partial charge in [0.25, 0.3) is 6.01 Å². The first-order valence-corrected chi connectivity index (χ1v) is 10.7. The van der Waals surface area contributed by atoms with Gasteiger partial charge in [-0.25, -0.2) is 9.67 Å². The van der Waals surface area contributed by atoms with Crippen molar-refractivity contribution in [3.05, 3.63) is 65.1 Å². The number of hydrogen-bond acceptors (Lipinski definition) is 7. The summed E-state index contributed by atoms with van der Waals surface area (Å²) in [4.78, 5) is 11.8. The summed E-state index contributed by atoms with van der Waals surface area (Å²) in [7, 11) is 0. The highest BCUT2D eigenvalue weighted by atomic mass is 35.5. The molecule has 0 spiro atoms. The fourth-order valence-corrected chi connectivity index (χ4v) is 3.73. The molecule has 0 bridgehead atoms. The van der Waals surface area contributed by atoms with E-state index in [9.17, 15) is 10.2 Å². The molecule has 9 nitrogen and oxygen atoms in total. The number of aliphatic hydroxyl groups is 2. The van der Waals surface area contributed by atoms with Crippen molar-refractivity contribution >= 4 is 22.8 Å². The molecule has 10 heteroatoms. The summed E-state index contributed by atoms with van der Waals surface area (Å²) >= 11 is 6.37. The molecule has 3 unspecified atom stereocenters. The summed E-state index contributed by atoms with van der Waals surface area (Å²) in [6.07, 6.45) is 2.12. The number of H-pyrrole nitrogens is 1. The number of nitrogens with one attached hydrogen (secondary N) is 1. The Hall–Kier alpha value is -3.42. The summed E-state index contributed by atoms with van der Waals surface area (Å²) in [5, 5.41) is 23.8. The van der Waals surface area contributed by atoms with E-state index in [1.807, 2.05) is 36.5 Å². The lowest BCUT2D eigenvalue weighted by atomic mass is 10.0. The Balaban J connectivity index is 1.32. The number of aromatic amines is 1. The number of imidazole rings is 1. The molecule has 1 fully saturated rings. The summed E-state index contributed by atoms with van der Waals surface area (Å²) in [6.45, 7) is 0.00265. The molecule has 0 aliphatic carbocycles. The second-order valence-corrected chi connectivity index (χ2v) is 7.98. The van der Waals surface area contributed by atoms with Crippen LogP contribution in [0, 0.1) is 11.8 Å². The Morgan fingerprint density at radius 1 is 1.24 bits per heavy atom. The number of aliphatic hydroxyl groups excluding tert-OH is 2. The third-order valence-corrected chi connectivity index (χ3v) is 5.54. The van der Waals surface area contributed by atoms with Crippen LogP contribution in [0.15, 0.2) is 48.8 Å². The first-order chi connectivity index (χ1) is 16.1. The standard InChI is InChI=1S/C23H20ClN5O4/c24-17-11-19-22(28-23(27-19)33-16-10-20(31)21(12-30)32-13-16)26-18(17)7-4-14-2-5-15(6-3-14)29-9-1-8-25-29/h1-3,5-6,8-9,11,16,20-21,30-31H,10,12-13H2,(H,26,27,28). The predicted octanol–water partition coefficient (Wildman–Crippen LogP) is 2.09. The topological polar surface area (TPSA) is 118 Å². The van der Waals surface area contributed by atoms with Gasteiger partial charge in [0, 0.05) is 24.4 Å². The van der Waals surface area contributed by atoms with E-state index >= 15 is 0 Å². The maximum absolute atomic E-state index is 10.0. The van der Waals surface area contributed by atoms with Crippen molar-refractivity contribution in [3.8, 4) is 23.5 Å². The average molecular weight is 466 g/mol. The third-order valence-electron chi connectivity index (χ3n) is 5.25. The van der Waals surface area contributed by atoms with Crippen LogP contribution in [-0.2, 0) is 4.74 Å². The summed E-state index contributed by atoms with van der Waals surface area (Å²) < 4.78 is 13.0. The molecule has 1 aromatic carbocycles. The largest absolute Gasteiger partial charge is 0.459 e. The van der Waals surface area contributed by atoms with E-state index in [-0.39, 0.29) is 19.2 Å². The minimum Gasteiger partial charge on any atom is -0.459 e. The molecular weight excluding hydrogens is 446 g/mol. The lowest BCUT2D eigenvalue weighted by Gasteiger charge is -2.31. The molecule has 1 aliphatic heterocycles. The molecule has 4 aromatic rings. The van der Waals surface area contributed by atoms with Crippen molar-refractivity contribution in [3.63, 3.8) is 0 Å². The van der Waals surface area contributed by atoms with Crippen LogP contribution in [0.1, 0.15) is 17.7 Å².